The smallest absolute Gasteiger partial charge is 0.0948 e. The predicted molar refractivity (Wildman–Crippen MR) is 113 cm³/mol. The average Bonchev–Trinajstić information content (AvgIpc) is 3.06. The molecular formula is C25H34N2O. The average molecular weight is 379 g/mol. The second-order valence-electron chi connectivity index (χ2n) is 10.7. The van der Waals surface area contributed by atoms with Gasteiger partial charge in [-0.25, -0.2) is 0 Å². The Hall–Kier alpha value is -1.51. The molecule has 3 nitrogen and oxygen atoms in total. The number of allylic oxidation sites excluding steroid dienone is 2. The van der Waals surface area contributed by atoms with E-state index in [1.807, 2.05) is 6.20 Å². The van der Waals surface area contributed by atoms with Crippen LogP contribution in [0.25, 0.3) is 5.57 Å². The first-order chi connectivity index (χ1) is 13.5. The van der Waals surface area contributed by atoms with Crippen LogP contribution >= 0.6 is 0 Å². The third kappa shape index (κ3) is 2.44. The van der Waals surface area contributed by atoms with Gasteiger partial charge in [-0.15, -0.1) is 0 Å². The summed E-state index contributed by atoms with van der Waals surface area (Å²) in [5, 5.41) is 3.50. The van der Waals surface area contributed by atoms with Crippen LogP contribution in [0.4, 0.5) is 0 Å². The van der Waals surface area contributed by atoms with Crippen molar-refractivity contribution in [2.24, 2.45) is 45.6 Å². The van der Waals surface area contributed by atoms with Gasteiger partial charge in [0, 0.05) is 12.4 Å². The minimum atomic E-state index is 0.0498. The molecule has 3 fully saturated rings. The Morgan fingerprint density at radius 2 is 1.93 bits per heavy atom. The summed E-state index contributed by atoms with van der Waals surface area (Å²) in [6, 6.07) is 4.37. The molecule has 3 saturated carbocycles. The number of nitroso groups, excluding NO2 is 1. The van der Waals surface area contributed by atoms with Gasteiger partial charge in [0.1, 0.15) is 0 Å². The molecule has 8 atom stereocenters. The fourth-order valence-electron chi connectivity index (χ4n) is 8.40. The molecule has 4 aliphatic carbocycles. The van der Waals surface area contributed by atoms with E-state index in [9.17, 15) is 4.91 Å². The topological polar surface area (TPSA) is 42.3 Å². The van der Waals surface area contributed by atoms with Crippen molar-refractivity contribution in [2.45, 2.75) is 71.8 Å². The van der Waals surface area contributed by atoms with Crippen molar-refractivity contribution < 1.29 is 0 Å². The van der Waals surface area contributed by atoms with E-state index in [0.717, 1.165) is 24.2 Å². The zero-order valence-corrected chi connectivity index (χ0v) is 17.6. The van der Waals surface area contributed by atoms with Gasteiger partial charge in [0.2, 0.25) is 0 Å². The molecule has 0 aliphatic heterocycles. The van der Waals surface area contributed by atoms with E-state index in [0.29, 0.717) is 22.7 Å². The molecule has 0 aromatic carbocycles. The van der Waals surface area contributed by atoms with Crippen molar-refractivity contribution in [1.29, 1.82) is 0 Å². The Morgan fingerprint density at radius 3 is 2.68 bits per heavy atom. The molecule has 28 heavy (non-hydrogen) atoms. The van der Waals surface area contributed by atoms with Gasteiger partial charge in [0.15, 0.2) is 0 Å². The maximum Gasteiger partial charge on any atom is 0.0948 e. The Balaban J connectivity index is 1.44. The summed E-state index contributed by atoms with van der Waals surface area (Å²) in [7, 11) is 0. The molecule has 0 spiro atoms. The van der Waals surface area contributed by atoms with Crippen molar-refractivity contribution in [3.05, 3.63) is 41.1 Å². The van der Waals surface area contributed by atoms with E-state index < -0.39 is 0 Å². The van der Waals surface area contributed by atoms with Crippen molar-refractivity contribution in [1.82, 2.24) is 4.98 Å². The van der Waals surface area contributed by atoms with Crippen molar-refractivity contribution in [2.75, 3.05) is 0 Å². The fraction of sp³-hybridized carbons (Fsp3) is 0.720. The summed E-state index contributed by atoms with van der Waals surface area (Å²) < 4.78 is 0. The number of pyridine rings is 1. The standard InChI is InChI=1S/C25H34N2O/c1-16-19-7-6-18-21-9-8-20(17-5-4-14-26-15-17)25(21,3)12-10-22(18)24(19,2)13-11-23(16)27-28/h4-5,8,14-16,18-19,21-23H,6-7,9-13H2,1-3H3/t16?,18-,19?,21-,22-,23?,24-,25+/m0/s1. The van der Waals surface area contributed by atoms with E-state index in [2.05, 4.69) is 55.3 Å². The lowest BCUT2D eigenvalue weighted by atomic mass is 9.43. The third-order valence-electron chi connectivity index (χ3n) is 9.85. The van der Waals surface area contributed by atoms with E-state index >= 15 is 0 Å². The van der Waals surface area contributed by atoms with Gasteiger partial charge in [0.05, 0.1) is 6.04 Å². The van der Waals surface area contributed by atoms with Crippen LogP contribution in [0, 0.1) is 45.3 Å². The Bertz CT molecular complexity index is 789. The summed E-state index contributed by atoms with van der Waals surface area (Å²) in [6.45, 7) is 7.40. The lowest BCUT2D eigenvalue weighted by Crippen LogP contribution is -2.55. The first kappa shape index (κ1) is 18.5. The van der Waals surface area contributed by atoms with Crippen LogP contribution in [0.15, 0.2) is 35.8 Å². The number of hydrogen-bond donors (Lipinski definition) is 0. The highest BCUT2D eigenvalue weighted by molar-refractivity contribution is 5.72. The molecule has 1 heterocycles. The van der Waals surface area contributed by atoms with Crippen LogP contribution in [-0.4, -0.2) is 11.0 Å². The van der Waals surface area contributed by atoms with Crippen LogP contribution in [-0.2, 0) is 0 Å². The molecule has 0 radical (unpaired) electrons. The molecule has 5 rings (SSSR count). The van der Waals surface area contributed by atoms with Gasteiger partial charge in [-0.05, 0) is 103 Å². The minimum absolute atomic E-state index is 0.0498. The number of hydrogen-bond acceptors (Lipinski definition) is 3. The number of rotatable bonds is 2. The first-order valence-electron chi connectivity index (χ1n) is 11.4. The van der Waals surface area contributed by atoms with Crippen LogP contribution in [0.5, 0.6) is 0 Å². The van der Waals surface area contributed by atoms with E-state index in [4.69, 9.17) is 0 Å². The van der Waals surface area contributed by atoms with Gasteiger partial charge in [-0.2, -0.15) is 4.91 Å². The maximum atomic E-state index is 11.3. The molecule has 0 N–H and O–H groups in total. The third-order valence-corrected chi connectivity index (χ3v) is 9.85. The van der Waals surface area contributed by atoms with Crippen molar-refractivity contribution >= 4 is 5.57 Å². The Morgan fingerprint density at radius 1 is 1.07 bits per heavy atom. The highest BCUT2D eigenvalue weighted by atomic mass is 16.3. The van der Waals surface area contributed by atoms with Gasteiger partial charge in [-0.1, -0.05) is 38.1 Å². The van der Waals surface area contributed by atoms with Gasteiger partial charge in [-0.3, -0.25) is 4.98 Å². The number of fused-ring (bicyclic) bond motifs is 5. The fourth-order valence-corrected chi connectivity index (χ4v) is 8.40. The van der Waals surface area contributed by atoms with E-state index in [1.54, 1.807) is 5.57 Å². The van der Waals surface area contributed by atoms with Crippen molar-refractivity contribution in [3.63, 3.8) is 0 Å². The van der Waals surface area contributed by atoms with Gasteiger partial charge in [0.25, 0.3) is 0 Å². The van der Waals surface area contributed by atoms with E-state index in [-0.39, 0.29) is 6.04 Å². The SMILES string of the molecule is CC1C(N=O)CC[C@@]2(C)C1CC[C@@H]1[C@@H]2CC[C@]2(C)C(c3cccnc3)=CC[C@@H]12. The molecule has 150 valence electrons. The second kappa shape index (κ2) is 6.50. The molecule has 1 aromatic rings. The van der Waals surface area contributed by atoms with Crippen LogP contribution in [0.3, 0.4) is 0 Å². The van der Waals surface area contributed by atoms with Crippen LogP contribution in [0.1, 0.15) is 71.3 Å². The monoisotopic (exact) mass is 378 g/mol. The highest BCUT2D eigenvalue weighted by Gasteiger charge is 2.60. The quantitative estimate of drug-likeness (QED) is 0.551. The van der Waals surface area contributed by atoms with Gasteiger partial charge < -0.3 is 0 Å². The molecule has 3 heteroatoms. The summed E-state index contributed by atoms with van der Waals surface area (Å²) in [5.41, 5.74) is 3.60. The summed E-state index contributed by atoms with van der Waals surface area (Å²) in [6.07, 6.45) is 15.2. The first-order valence-corrected chi connectivity index (χ1v) is 11.4. The summed E-state index contributed by atoms with van der Waals surface area (Å²) in [5.74, 6) is 3.57. The lowest BCUT2D eigenvalue weighted by Gasteiger charge is -2.62. The highest BCUT2D eigenvalue weighted by Crippen LogP contribution is 2.68. The Labute approximate surface area is 169 Å². The molecule has 3 unspecified atom stereocenters. The van der Waals surface area contributed by atoms with Crippen molar-refractivity contribution in [3.8, 4) is 0 Å². The van der Waals surface area contributed by atoms with Crippen LogP contribution in [0.2, 0.25) is 0 Å². The zero-order chi connectivity index (χ0) is 19.5. The molecule has 0 saturated heterocycles. The minimum Gasteiger partial charge on any atom is -0.264 e. The maximum absolute atomic E-state index is 11.3. The summed E-state index contributed by atoms with van der Waals surface area (Å²) in [4.78, 5) is 15.7. The number of nitrogens with zero attached hydrogens (tertiary/aromatic N) is 2. The molecule has 1 aromatic heterocycles. The molecular weight excluding hydrogens is 344 g/mol. The summed E-state index contributed by atoms with van der Waals surface area (Å²) >= 11 is 0. The zero-order valence-electron chi connectivity index (χ0n) is 17.6. The molecule has 0 amide bonds. The Kier molecular flexibility index (Phi) is 4.30. The lowest BCUT2D eigenvalue weighted by molar-refractivity contribution is -0.115. The second-order valence-corrected chi connectivity index (χ2v) is 10.7. The van der Waals surface area contributed by atoms with E-state index in [1.165, 1.54) is 44.1 Å². The predicted octanol–water partition coefficient (Wildman–Crippen LogP) is 6.50. The molecule has 0 bridgehead atoms. The molecule has 4 aliphatic rings. The normalized spacial score (nSPS) is 47.5. The van der Waals surface area contributed by atoms with Gasteiger partial charge >= 0.3 is 0 Å². The number of aromatic nitrogens is 1. The van der Waals surface area contributed by atoms with Crippen LogP contribution < -0.4 is 0 Å². The largest absolute Gasteiger partial charge is 0.264 e.